The molecule has 2 aliphatic rings. The molecule has 3 aromatic rings. The number of piperidine rings is 1. The van der Waals surface area contributed by atoms with Crippen molar-refractivity contribution in [3.63, 3.8) is 0 Å². The first kappa shape index (κ1) is 22.1. The van der Waals surface area contributed by atoms with Gasteiger partial charge in [-0.25, -0.2) is 4.52 Å². The highest BCUT2D eigenvalue weighted by atomic mass is 16.5. The molecule has 2 fully saturated rings. The van der Waals surface area contributed by atoms with Crippen LogP contribution in [0.25, 0.3) is 5.52 Å². The molecule has 0 spiro atoms. The van der Waals surface area contributed by atoms with Crippen molar-refractivity contribution in [1.29, 1.82) is 0 Å². The maximum Gasteiger partial charge on any atom is 0.228 e. The summed E-state index contributed by atoms with van der Waals surface area (Å²) in [6.07, 6.45) is 6.53. The van der Waals surface area contributed by atoms with Crippen molar-refractivity contribution >= 4 is 11.4 Å². The molecule has 2 aliphatic heterocycles. The minimum absolute atomic E-state index is 0.284. The second-order valence-corrected chi connectivity index (χ2v) is 9.91. The molecule has 4 heterocycles. The summed E-state index contributed by atoms with van der Waals surface area (Å²) < 4.78 is 7.85. The van der Waals surface area contributed by atoms with E-state index in [1.54, 1.807) is 0 Å². The third kappa shape index (κ3) is 4.97. The van der Waals surface area contributed by atoms with E-state index in [4.69, 9.17) is 4.74 Å². The molecule has 0 aliphatic carbocycles. The molecular weight excluding hydrogens is 412 g/mol. The number of carbonyl (C=O) groups is 1. The number of aromatic nitrogens is 2. The van der Waals surface area contributed by atoms with Gasteiger partial charge in [0.2, 0.25) is 5.91 Å². The Hall–Kier alpha value is -2.70. The number of hydrogen-bond donors (Lipinski definition) is 0. The molecule has 0 unspecified atom stereocenters. The van der Waals surface area contributed by atoms with Crippen molar-refractivity contribution in [1.82, 2.24) is 19.4 Å². The van der Waals surface area contributed by atoms with Gasteiger partial charge in [0.15, 0.2) is 0 Å². The molecule has 5 rings (SSSR count). The van der Waals surface area contributed by atoms with Crippen molar-refractivity contribution in [3.8, 4) is 0 Å². The topological polar surface area (TPSA) is 50.1 Å². The van der Waals surface area contributed by atoms with Crippen molar-refractivity contribution < 1.29 is 9.53 Å². The largest absolute Gasteiger partial charge is 0.379 e. The van der Waals surface area contributed by atoms with E-state index in [0.717, 1.165) is 51.0 Å². The number of carbonyl (C=O) groups excluding carboxylic acids is 1. The van der Waals surface area contributed by atoms with Crippen LogP contribution in [0.15, 0.2) is 60.9 Å². The third-order valence-corrected chi connectivity index (χ3v) is 7.38. The average Bonchev–Trinajstić information content (AvgIpc) is 3.21. The number of rotatable bonds is 5. The molecule has 2 saturated heterocycles. The molecule has 0 bridgehead atoms. The van der Waals surface area contributed by atoms with Gasteiger partial charge >= 0.3 is 0 Å². The van der Waals surface area contributed by atoms with Crippen molar-refractivity contribution in [2.75, 3.05) is 39.4 Å². The van der Waals surface area contributed by atoms with Crippen LogP contribution in [0.5, 0.6) is 0 Å². The van der Waals surface area contributed by atoms with E-state index in [0.29, 0.717) is 31.6 Å². The van der Waals surface area contributed by atoms with Crippen LogP contribution in [-0.4, -0.2) is 64.7 Å². The molecule has 33 heavy (non-hydrogen) atoms. The lowest BCUT2D eigenvalue weighted by Crippen LogP contribution is -2.50. The Morgan fingerprint density at radius 2 is 1.91 bits per heavy atom. The number of likely N-dealkylation sites (tertiary alicyclic amines) is 1. The van der Waals surface area contributed by atoms with Gasteiger partial charge in [0.05, 0.1) is 18.7 Å². The molecule has 0 N–H and O–H groups in total. The Balaban J connectivity index is 1.22. The molecule has 2 aromatic heterocycles. The second kappa shape index (κ2) is 9.65. The SMILES string of the molecule is CC1(C(=O)N2CCOC[C@@H](Cc3cccn4nccc34)C2)CCN(Cc2ccccc2)CC1. The van der Waals surface area contributed by atoms with E-state index in [1.165, 1.54) is 11.1 Å². The van der Waals surface area contributed by atoms with E-state index < -0.39 is 0 Å². The maximum atomic E-state index is 13.7. The number of nitrogens with zero attached hydrogens (tertiary/aromatic N) is 4. The first-order chi connectivity index (χ1) is 16.1. The van der Waals surface area contributed by atoms with E-state index in [-0.39, 0.29) is 5.41 Å². The van der Waals surface area contributed by atoms with Crippen LogP contribution in [-0.2, 0) is 22.5 Å². The summed E-state index contributed by atoms with van der Waals surface area (Å²) in [6, 6.07) is 16.9. The average molecular weight is 447 g/mol. The minimum atomic E-state index is -0.284. The fourth-order valence-corrected chi connectivity index (χ4v) is 5.33. The van der Waals surface area contributed by atoms with Gasteiger partial charge in [0.1, 0.15) is 0 Å². The molecule has 0 radical (unpaired) electrons. The number of benzene rings is 1. The first-order valence-corrected chi connectivity index (χ1v) is 12.2. The molecule has 1 amide bonds. The zero-order chi connectivity index (χ0) is 22.7. The fraction of sp³-hybridized carbons (Fsp3) is 0.481. The number of hydrogen-bond acceptors (Lipinski definition) is 4. The standard InChI is InChI=1S/C27H34N4O2/c1-27(10-14-29(15-11-27)19-22-6-3-2-4-7-22)26(32)30-16-17-33-21-23(20-30)18-24-8-5-13-31-25(24)9-12-28-31/h2-9,12-13,23H,10-11,14-21H2,1H3/t23-/m0/s1. The van der Waals surface area contributed by atoms with Crippen LogP contribution in [0.2, 0.25) is 0 Å². The summed E-state index contributed by atoms with van der Waals surface area (Å²) in [6.45, 7) is 7.83. The van der Waals surface area contributed by atoms with Gasteiger partial charge in [-0.3, -0.25) is 9.69 Å². The van der Waals surface area contributed by atoms with E-state index in [9.17, 15) is 4.79 Å². The third-order valence-electron chi connectivity index (χ3n) is 7.38. The van der Waals surface area contributed by atoms with E-state index in [1.807, 2.05) is 23.0 Å². The van der Waals surface area contributed by atoms with Crippen LogP contribution < -0.4 is 0 Å². The van der Waals surface area contributed by atoms with Crippen molar-refractivity contribution in [3.05, 3.63) is 72.1 Å². The summed E-state index contributed by atoms with van der Waals surface area (Å²) >= 11 is 0. The highest BCUT2D eigenvalue weighted by Crippen LogP contribution is 2.34. The Labute approximate surface area is 196 Å². The molecule has 6 heteroatoms. The summed E-state index contributed by atoms with van der Waals surface area (Å²) in [5, 5.41) is 4.35. The minimum Gasteiger partial charge on any atom is -0.379 e. The Morgan fingerprint density at radius 1 is 1.09 bits per heavy atom. The monoisotopic (exact) mass is 446 g/mol. The summed E-state index contributed by atoms with van der Waals surface area (Å²) in [4.78, 5) is 18.3. The van der Waals surface area contributed by atoms with Crippen molar-refractivity contribution in [2.24, 2.45) is 11.3 Å². The number of amides is 1. The van der Waals surface area contributed by atoms with Crippen LogP contribution in [0.1, 0.15) is 30.9 Å². The highest BCUT2D eigenvalue weighted by molar-refractivity contribution is 5.82. The Kier molecular flexibility index (Phi) is 6.47. The zero-order valence-electron chi connectivity index (χ0n) is 19.5. The predicted molar refractivity (Wildman–Crippen MR) is 129 cm³/mol. The molecule has 0 saturated carbocycles. The smallest absolute Gasteiger partial charge is 0.228 e. The van der Waals surface area contributed by atoms with Crippen molar-refractivity contribution in [2.45, 2.75) is 32.7 Å². The number of ether oxygens (including phenoxy) is 1. The van der Waals surface area contributed by atoms with Crippen LogP contribution in [0, 0.1) is 11.3 Å². The van der Waals surface area contributed by atoms with Gasteiger partial charge in [-0.2, -0.15) is 5.10 Å². The van der Waals surface area contributed by atoms with E-state index in [2.05, 4.69) is 64.3 Å². The van der Waals surface area contributed by atoms with Gasteiger partial charge in [0.25, 0.3) is 0 Å². The lowest BCUT2D eigenvalue weighted by molar-refractivity contribution is -0.144. The summed E-state index contributed by atoms with van der Waals surface area (Å²) in [7, 11) is 0. The predicted octanol–water partition coefficient (Wildman–Crippen LogP) is 3.65. The van der Waals surface area contributed by atoms with Crippen LogP contribution in [0.3, 0.4) is 0 Å². The molecule has 174 valence electrons. The normalized spacial score (nSPS) is 21.7. The van der Waals surface area contributed by atoms with Gasteiger partial charge in [-0.05, 0) is 55.6 Å². The lowest BCUT2D eigenvalue weighted by Gasteiger charge is -2.41. The summed E-state index contributed by atoms with van der Waals surface area (Å²) in [5.41, 5.74) is 3.46. The van der Waals surface area contributed by atoms with Crippen LogP contribution in [0.4, 0.5) is 0 Å². The first-order valence-electron chi connectivity index (χ1n) is 12.2. The molecule has 1 atom stereocenters. The van der Waals surface area contributed by atoms with Gasteiger partial charge < -0.3 is 9.64 Å². The fourth-order valence-electron chi connectivity index (χ4n) is 5.33. The quantitative estimate of drug-likeness (QED) is 0.600. The van der Waals surface area contributed by atoms with Crippen LogP contribution >= 0.6 is 0 Å². The molecular formula is C27H34N4O2. The number of fused-ring (bicyclic) bond motifs is 1. The van der Waals surface area contributed by atoms with Gasteiger partial charge in [0, 0.05) is 43.4 Å². The van der Waals surface area contributed by atoms with Gasteiger partial charge in [-0.1, -0.05) is 43.3 Å². The number of pyridine rings is 1. The van der Waals surface area contributed by atoms with Gasteiger partial charge in [-0.15, -0.1) is 0 Å². The zero-order valence-corrected chi connectivity index (χ0v) is 19.5. The Morgan fingerprint density at radius 3 is 2.73 bits per heavy atom. The molecule has 1 aromatic carbocycles. The van der Waals surface area contributed by atoms with E-state index >= 15 is 0 Å². The summed E-state index contributed by atoms with van der Waals surface area (Å²) in [5.74, 6) is 0.597. The second-order valence-electron chi connectivity index (χ2n) is 9.91. The lowest BCUT2D eigenvalue weighted by atomic mass is 9.78. The maximum absolute atomic E-state index is 13.7. The molecule has 6 nitrogen and oxygen atoms in total. The Bertz CT molecular complexity index is 1070. The highest BCUT2D eigenvalue weighted by Gasteiger charge is 2.40.